The molecule has 144 valence electrons. The highest BCUT2D eigenvalue weighted by atomic mass is 16.3. The third-order valence-electron chi connectivity index (χ3n) is 5.01. The molecule has 2 aromatic carbocycles. The summed E-state index contributed by atoms with van der Waals surface area (Å²) in [7, 11) is 0. The lowest BCUT2D eigenvalue weighted by Gasteiger charge is -2.16. The molecule has 1 saturated heterocycles. The van der Waals surface area contributed by atoms with Crippen LogP contribution < -0.4 is 4.90 Å². The summed E-state index contributed by atoms with van der Waals surface area (Å²) in [5.74, 6) is 1.28. The summed E-state index contributed by atoms with van der Waals surface area (Å²) >= 11 is 0. The lowest BCUT2D eigenvalue weighted by atomic mass is 10.1. The van der Waals surface area contributed by atoms with Gasteiger partial charge in [-0.15, -0.1) is 0 Å². The molecule has 1 fully saturated rings. The van der Waals surface area contributed by atoms with Crippen molar-refractivity contribution >= 4 is 11.6 Å². The molecule has 0 aliphatic carbocycles. The van der Waals surface area contributed by atoms with E-state index in [0.717, 1.165) is 30.6 Å². The highest BCUT2D eigenvalue weighted by molar-refractivity contribution is 5.95. The van der Waals surface area contributed by atoms with E-state index in [4.69, 9.17) is 0 Å². The van der Waals surface area contributed by atoms with E-state index in [0.29, 0.717) is 24.6 Å². The standard InChI is InChI=1S/C22H24N4O2/c1-16(27)21-23-22(26(24-21)14-12-17-7-3-2-4-8-17)18-9-5-10-19(15-18)25-13-6-11-20(25)28/h2-5,7-10,15-16,27H,6,11-14H2,1H3. The Morgan fingerprint density at radius 3 is 2.68 bits per heavy atom. The number of carbonyl (C=O) groups is 1. The Bertz CT molecular complexity index is 966. The van der Waals surface area contributed by atoms with Crippen LogP contribution in [0.4, 0.5) is 5.69 Å². The average Bonchev–Trinajstić information content (AvgIpc) is 3.34. The molecule has 0 saturated carbocycles. The zero-order valence-electron chi connectivity index (χ0n) is 16.0. The number of benzene rings is 2. The lowest BCUT2D eigenvalue weighted by molar-refractivity contribution is -0.117. The first-order valence-electron chi connectivity index (χ1n) is 9.69. The van der Waals surface area contributed by atoms with Crippen LogP contribution in [0.5, 0.6) is 0 Å². The maximum Gasteiger partial charge on any atom is 0.227 e. The molecule has 4 rings (SSSR count). The molecule has 1 unspecified atom stereocenters. The molecule has 1 atom stereocenters. The fourth-order valence-electron chi connectivity index (χ4n) is 3.52. The number of hydrogen-bond donors (Lipinski definition) is 1. The third kappa shape index (κ3) is 3.82. The van der Waals surface area contributed by atoms with Gasteiger partial charge in [0.1, 0.15) is 6.10 Å². The number of aliphatic hydroxyl groups is 1. The first-order valence-corrected chi connectivity index (χ1v) is 9.69. The normalized spacial score (nSPS) is 15.2. The van der Waals surface area contributed by atoms with Gasteiger partial charge in [-0.25, -0.2) is 9.67 Å². The van der Waals surface area contributed by atoms with Gasteiger partial charge < -0.3 is 10.0 Å². The lowest BCUT2D eigenvalue weighted by Crippen LogP contribution is -2.23. The number of anilines is 1. The van der Waals surface area contributed by atoms with Crippen molar-refractivity contribution in [2.24, 2.45) is 0 Å². The Morgan fingerprint density at radius 2 is 1.96 bits per heavy atom. The Kier molecular flexibility index (Phi) is 5.21. The zero-order valence-corrected chi connectivity index (χ0v) is 16.0. The van der Waals surface area contributed by atoms with Gasteiger partial charge >= 0.3 is 0 Å². The van der Waals surface area contributed by atoms with E-state index in [-0.39, 0.29) is 5.91 Å². The molecular weight excluding hydrogens is 352 g/mol. The van der Waals surface area contributed by atoms with E-state index in [1.54, 1.807) is 6.92 Å². The van der Waals surface area contributed by atoms with Crippen molar-refractivity contribution < 1.29 is 9.90 Å². The number of nitrogens with zero attached hydrogens (tertiary/aromatic N) is 4. The van der Waals surface area contributed by atoms with Crippen LogP contribution in [-0.4, -0.2) is 32.3 Å². The van der Waals surface area contributed by atoms with Gasteiger partial charge in [0.05, 0.1) is 0 Å². The summed E-state index contributed by atoms with van der Waals surface area (Å²) in [6.07, 6.45) is 1.58. The second-order valence-electron chi connectivity index (χ2n) is 7.13. The summed E-state index contributed by atoms with van der Waals surface area (Å²) in [5.41, 5.74) is 3.00. The predicted octanol–water partition coefficient (Wildman–Crippen LogP) is 3.37. The predicted molar refractivity (Wildman–Crippen MR) is 108 cm³/mol. The highest BCUT2D eigenvalue weighted by Crippen LogP contribution is 2.27. The molecule has 1 aliphatic heterocycles. The van der Waals surface area contributed by atoms with Crippen LogP contribution in [0.2, 0.25) is 0 Å². The Labute approximate surface area is 164 Å². The van der Waals surface area contributed by atoms with Crippen molar-refractivity contribution in [1.29, 1.82) is 0 Å². The Morgan fingerprint density at radius 1 is 1.14 bits per heavy atom. The molecule has 0 radical (unpaired) electrons. The van der Waals surface area contributed by atoms with Crippen LogP contribution in [-0.2, 0) is 17.8 Å². The van der Waals surface area contributed by atoms with Gasteiger partial charge in [-0.3, -0.25) is 4.79 Å². The molecule has 6 nitrogen and oxygen atoms in total. The molecule has 1 amide bonds. The van der Waals surface area contributed by atoms with Crippen LogP contribution in [0.1, 0.15) is 37.3 Å². The van der Waals surface area contributed by atoms with Gasteiger partial charge in [-0.05, 0) is 37.5 Å². The van der Waals surface area contributed by atoms with E-state index in [1.807, 2.05) is 52.0 Å². The van der Waals surface area contributed by atoms with Gasteiger partial charge in [-0.1, -0.05) is 42.5 Å². The molecule has 1 aliphatic rings. The van der Waals surface area contributed by atoms with Gasteiger partial charge in [0, 0.05) is 30.8 Å². The van der Waals surface area contributed by atoms with Crippen molar-refractivity contribution in [1.82, 2.24) is 14.8 Å². The van der Waals surface area contributed by atoms with Gasteiger partial charge in [0.2, 0.25) is 5.91 Å². The van der Waals surface area contributed by atoms with Gasteiger partial charge in [0.15, 0.2) is 11.6 Å². The molecule has 1 N–H and O–H groups in total. The van der Waals surface area contributed by atoms with Crippen molar-refractivity contribution in [2.45, 2.75) is 38.8 Å². The van der Waals surface area contributed by atoms with E-state index in [2.05, 4.69) is 22.2 Å². The first kappa shape index (κ1) is 18.4. The van der Waals surface area contributed by atoms with Gasteiger partial charge in [0.25, 0.3) is 0 Å². The number of rotatable bonds is 6. The summed E-state index contributed by atoms with van der Waals surface area (Å²) in [5, 5.41) is 14.5. The minimum absolute atomic E-state index is 0.160. The maximum absolute atomic E-state index is 12.1. The quantitative estimate of drug-likeness (QED) is 0.716. The summed E-state index contributed by atoms with van der Waals surface area (Å²) in [6.45, 7) is 3.08. The second-order valence-corrected chi connectivity index (χ2v) is 7.13. The van der Waals surface area contributed by atoms with Crippen LogP contribution in [0, 0.1) is 0 Å². The zero-order chi connectivity index (χ0) is 19.5. The van der Waals surface area contributed by atoms with Crippen LogP contribution >= 0.6 is 0 Å². The SMILES string of the molecule is CC(O)c1nc(-c2cccc(N3CCCC3=O)c2)n(CCc2ccccc2)n1. The fourth-order valence-corrected chi connectivity index (χ4v) is 3.52. The minimum atomic E-state index is -0.736. The summed E-state index contributed by atoms with van der Waals surface area (Å²) in [6, 6.07) is 18.1. The molecular formula is C22H24N4O2. The molecule has 0 bridgehead atoms. The van der Waals surface area contributed by atoms with Crippen molar-refractivity contribution in [3.8, 4) is 11.4 Å². The summed E-state index contributed by atoms with van der Waals surface area (Å²) < 4.78 is 1.85. The number of hydrogen-bond acceptors (Lipinski definition) is 4. The minimum Gasteiger partial charge on any atom is -0.385 e. The van der Waals surface area contributed by atoms with E-state index >= 15 is 0 Å². The van der Waals surface area contributed by atoms with Crippen LogP contribution in [0.3, 0.4) is 0 Å². The molecule has 0 spiro atoms. The Hall–Kier alpha value is -2.99. The summed E-state index contributed by atoms with van der Waals surface area (Å²) in [4.78, 5) is 18.5. The maximum atomic E-state index is 12.1. The number of aromatic nitrogens is 3. The monoisotopic (exact) mass is 376 g/mol. The van der Waals surface area contributed by atoms with E-state index in [9.17, 15) is 9.90 Å². The number of carbonyl (C=O) groups excluding carboxylic acids is 1. The van der Waals surface area contributed by atoms with E-state index < -0.39 is 6.10 Å². The smallest absolute Gasteiger partial charge is 0.227 e. The number of aryl methyl sites for hydroxylation is 2. The fraction of sp³-hybridized carbons (Fsp3) is 0.318. The molecule has 6 heteroatoms. The van der Waals surface area contributed by atoms with Crippen LogP contribution in [0.15, 0.2) is 54.6 Å². The largest absolute Gasteiger partial charge is 0.385 e. The average molecular weight is 376 g/mol. The topological polar surface area (TPSA) is 71.2 Å². The number of aliphatic hydroxyl groups excluding tert-OH is 1. The van der Waals surface area contributed by atoms with Crippen molar-refractivity contribution in [3.63, 3.8) is 0 Å². The van der Waals surface area contributed by atoms with Crippen molar-refractivity contribution in [3.05, 3.63) is 66.0 Å². The van der Waals surface area contributed by atoms with E-state index in [1.165, 1.54) is 5.56 Å². The third-order valence-corrected chi connectivity index (χ3v) is 5.01. The Balaban J connectivity index is 1.65. The molecule has 28 heavy (non-hydrogen) atoms. The molecule has 3 aromatic rings. The number of amides is 1. The van der Waals surface area contributed by atoms with Gasteiger partial charge in [-0.2, -0.15) is 5.10 Å². The first-order chi connectivity index (χ1) is 13.6. The van der Waals surface area contributed by atoms with Crippen LogP contribution in [0.25, 0.3) is 11.4 Å². The van der Waals surface area contributed by atoms with Crippen molar-refractivity contribution in [2.75, 3.05) is 11.4 Å². The second kappa shape index (κ2) is 7.94. The molecule has 2 heterocycles. The highest BCUT2D eigenvalue weighted by Gasteiger charge is 2.23. The molecule has 1 aromatic heterocycles.